The molecule has 27 heavy (non-hydrogen) atoms. The van der Waals surface area contributed by atoms with Crippen molar-refractivity contribution in [3.05, 3.63) is 54.1 Å². The molecule has 1 fully saturated rings. The van der Waals surface area contributed by atoms with Gasteiger partial charge in [0.1, 0.15) is 11.5 Å². The molecule has 0 amide bonds. The highest BCUT2D eigenvalue weighted by atomic mass is 16.5. The number of para-hydroxylation sites is 2. The fraction of sp³-hybridized carbons (Fsp3) is 0.455. The Kier molecular flexibility index (Phi) is 6.96. The van der Waals surface area contributed by atoms with E-state index < -0.39 is 6.10 Å². The van der Waals surface area contributed by atoms with Crippen LogP contribution < -0.4 is 14.4 Å². The number of benzene rings is 2. The number of ether oxygens (including phenoxy) is 2. The number of hydrogen-bond donors (Lipinski definition) is 1. The Morgan fingerprint density at radius 1 is 0.926 bits per heavy atom. The van der Waals surface area contributed by atoms with E-state index in [1.54, 1.807) is 14.2 Å². The van der Waals surface area contributed by atoms with Crippen LogP contribution >= 0.6 is 0 Å². The summed E-state index contributed by atoms with van der Waals surface area (Å²) in [5.41, 5.74) is 2.13. The largest absolute Gasteiger partial charge is 0.497 e. The molecule has 1 aliphatic heterocycles. The highest BCUT2D eigenvalue weighted by Gasteiger charge is 2.19. The van der Waals surface area contributed by atoms with Crippen molar-refractivity contribution in [2.75, 3.05) is 51.8 Å². The number of rotatable bonds is 8. The van der Waals surface area contributed by atoms with Crippen molar-refractivity contribution in [3.8, 4) is 11.5 Å². The monoisotopic (exact) mass is 370 g/mol. The maximum Gasteiger partial charge on any atom is 0.142 e. The van der Waals surface area contributed by atoms with Crippen LogP contribution in [0, 0.1) is 0 Å². The summed E-state index contributed by atoms with van der Waals surface area (Å²) in [4.78, 5) is 4.87. The van der Waals surface area contributed by atoms with Gasteiger partial charge in [0, 0.05) is 26.2 Å². The molecule has 0 spiro atoms. The minimum atomic E-state index is -0.411. The van der Waals surface area contributed by atoms with E-state index in [-0.39, 0.29) is 0 Å². The van der Waals surface area contributed by atoms with Crippen molar-refractivity contribution in [1.29, 1.82) is 0 Å². The van der Waals surface area contributed by atoms with Crippen molar-refractivity contribution in [2.24, 2.45) is 0 Å². The number of nitrogens with zero attached hydrogens (tertiary/aromatic N) is 2. The average Bonchev–Trinajstić information content (AvgIpc) is 2.74. The van der Waals surface area contributed by atoms with Gasteiger partial charge in [0.05, 0.1) is 26.0 Å². The molecule has 0 saturated carbocycles. The van der Waals surface area contributed by atoms with Gasteiger partial charge in [0.15, 0.2) is 0 Å². The van der Waals surface area contributed by atoms with Crippen LogP contribution in [-0.2, 0) is 0 Å². The summed E-state index contributed by atoms with van der Waals surface area (Å²) in [6.07, 6.45) is 1.35. The van der Waals surface area contributed by atoms with E-state index in [2.05, 4.69) is 21.9 Å². The summed E-state index contributed by atoms with van der Waals surface area (Å²) in [5, 5.41) is 10.4. The number of anilines is 1. The van der Waals surface area contributed by atoms with E-state index in [1.807, 2.05) is 36.4 Å². The van der Waals surface area contributed by atoms with E-state index in [0.717, 1.165) is 62.6 Å². The fourth-order valence-electron chi connectivity index (χ4n) is 3.60. The maximum atomic E-state index is 10.4. The van der Waals surface area contributed by atoms with Crippen molar-refractivity contribution >= 4 is 5.69 Å². The van der Waals surface area contributed by atoms with Gasteiger partial charge in [-0.05, 0) is 49.2 Å². The second-order valence-corrected chi connectivity index (χ2v) is 6.93. The molecule has 1 atom stereocenters. The Balaban J connectivity index is 1.41. The van der Waals surface area contributed by atoms with Crippen molar-refractivity contribution in [1.82, 2.24) is 4.90 Å². The van der Waals surface area contributed by atoms with Crippen LogP contribution in [0.25, 0.3) is 0 Å². The van der Waals surface area contributed by atoms with Gasteiger partial charge in [-0.2, -0.15) is 0 Å². The highest BCUT2D eigenvalue weighted by Crippen LogP contribution is 2.28. The van der Waals surface area contributed by atoms with E-state index in [1.165, 1.54) is 5.69 Å². The second-order valence-electron chi connectivity index (χ2n) is 6.93. The lowest BCUT2D eigenvalue weighted by Gasteiger charge is -2.36. The SMILES string of the molecule is COc1ccc(C(O)CCCN2CCN(c3ccccc3OC)CC2)cc1. The van der Waals surface area contributed by atoms with Crippen LogP contribution in [0.3, 0.4) is 0 Å². The third-order valence-corrected chi connectivity index (χ3v) is 5.25. The summed E-state index contributed by atoms with van der Waals surface area (Å²) < 4.78 is 10.6. The van der Waals surface area contributed by atoms with Gasteiger partial charge >= 0.3 is 0 Å². The molecule has 1 saturated heterocycles. The Morgan fingerprint density at radius 2 is 1.63 bits per heavy atom. The molecule has 5 nitrogen and oxygen atoms in total. The molecule has 3 rings (SSSR count). The quantitative estimate of drug-likeness (QED) is 0.772. The molecule has 1 N–H and O–H groups in total. The highest BCUT2D eigenvalue weighted by molar-refractivity contribution is 5.58. The number of piperazine rings is 1. The Hall–Kier alpha value is -2.24. The summed E-state index contributed by atoms with van der Waals surface area (Å²) in [5.74, 6) is 1.76. The van der Waals surface area contributed by atoms with Crippen molar-refractivity contribution in [2.45, 2.75) is 18.9 Å². The van der Waals surface area contributed by atoms with Gasteiger partial charge in [-0.3, -0.25) is 4.90 Å². The molecule has 2 aromatic rings. The molecule has 0 aliphatic carbocycles. The van der Waals surface area contributed by atoms with Crippen LogP contribution in [0.15, 0.2) is 48.5 Å². The van der Waals surface area contributed by atoms with Crippen molar-refractivity contribution in [3.63, 3.8) is 0 Å². The molecule has 0 bridgehead atoms. The van der Waals surface area contributed by atoms with Crippen LogP contribution in [0.1, 0.15) is 24.5 Å². The smallest absolute Gasteiger partial charge is 0.142 e. The minimum Gasteiger partial charge on any atom is -0.497 e. The first-order valence-corrected chi connectivity index (χ1v) is 9.63. The summed E-state index contributed by atoms with van der Waals surface area (Å²) >= 11 is 0. The van der Waals surface area contributed by atoms with Crippen LogP contribution in [-0.4, -0.2) is 56.9 Å². The van der Waals surface area contributed by atoms with E-state index >= 15 is 0 Å². The standard InChI is InChI=1S/C22H30N2O3/c1-26-19-11-9-18(10-12-19)21(25)7-5-13-23-14-16-24(17-15-23)20-6-3-4-8-22(20)27-2/h3-4,6,8-12,21,25H,5,7,13-17H2,1-2H3. The predicted molar refractivity (Wildman–Crippen MR) is 109 cm³/mol. The van der Waals surface area contributed by atoms with Gasteiger partial charge < -0.3 is 19.5 Å². The zero-order valence-corrected chi connectivity index (χ0v) is 16.3. The Labute approximate surface area is 162 Å². The van der Waals surface area contributed by atoms with Crippen LogP contribution in [0.4, 0.5) is 5.69 Å². The third kappa shape index (κ3) is 5.15. The zero-order chi connectivity index (χ0) is 19.1. The van der Waals surface area contributed by atoms with Crippen LogP contribution in [0.5, 0.6) is 11.5 Å². The number of aliphatic hydroxyl groups excluding tert-OH is 1. The molecular formula is C22H30N2O3. The van der Waals surface area contributed by atoms with Crippen molar-refractivity contribution < 1.29 is 14.6 Å². The van der Waals surface area contributed by atoms with E-state index in [4.69, 9.17) is 9.47 Å². The van der Waals surface area contributed by atoms with E-state index in [0.29, 0.717) is 0 Å². The molecule has 0 radical (unpaired) electrons. The lowest BCUT2D eigenvalue weighted by Crippen LogP contribution is -2.46. The fourth-order valence-corrected chi connectivity index (χ4v) is 3.60. The summed E-state index contributed by atoms with van der Waals surface area (Å²) in [6.45, 7) is 5.10. The van der Waals surface area contributed by atoms with Gasteiger partial charge in [-0.25, -0.2) is 0 Å². The molecule has 1 heterocycles. The minimum absolute atomic E-state index is 0.411. The molecule has 1 unspecified atom stereocenters. The number of aliphatic hydroxyl groups is 1. The zero-order valence-electron chi connectivity index (χ0n) is 16.3. The van der Waals surface area contributed by atoms with Gasteiger partial charge in [0.25, 0.3) is 0 Å². The molecule has 5 heteroatoms. The van der Waals surface area contributed by atoms with Gasteiger partial charge in [-0.15, -0.1) is 0 Å². The molecule has 0 aromatic heterocycles. The van der Waals surface area contributed by atoms with Gasteiger partial charge in [-0.1, -0.05) is 24.3 Å². The molecule has 1 aliphatic rings. The lowest BCUT2D eigenvalue weighted by molar-refractivity contribution is 0.154. The second kappa shape index (κ2) is 9.62. The summed E-state index contributed by atoms with van der Waals surface area (Å²) in [7, 11) is 3.38. The molecule has 146 valence electrons. The first-order chi connectivity index (χ1) is 13.2. The number of hydrogen-bond acceptors (Lipinski definition) is 5. The lowest BCUT2D eigenvalue weighted by atomic mass is 10.0. The maximum absolute atomic E-state index is 10.4. The Bertz CT molecular complexity index is 697. The summed E-state index contributed by atoms with van der Waals surface area (Å²) in [6, 6.07) is 15.9. The predicted octanol–water partition coefficient (Wildman–Crippen LogP) is 3.34. The Morgan fingerprint density at radius 3 is 2.30 bits per heavy atom. The first kappa shape index (κ1) is 19.5. The first-order valence-electron chi connectivity index (χ1n) is 9.63. The third-order valence-electron chi connectivity index (χ3n) is 5.25. The average molecular weight is 370 g/mol. The number of methoxy groups -OCH3 is 2. The normalized spacial score (nSPS) is 16.2. The van der Waals surface area contributed by atoms with Gasteiger partial charge in [0.2, 0.25) is 0 Å². The molecular weight excluding hydrogens is 340 g/mol. The van der Waals surface area contributed by atoms with E-state index in [9.17, 15) is 5.11 Å². The molecule has 2 aromatic carbocycles. The topological polar surface area (TPSA) is 45.2 Å². The van der Waals surface area contributed by atoms with Crippen LogP contribution in [0.2, 0.25) is 0 Å².